The molecule has 1 fully saturated rings. The van der Waals surface area contributed by atoms with Gasteiger partial charge in [-0.25, -0.2) is 0 Å². The van der Waals surface area contributed by atoms with Crippen LogP contribution in [0.25, 0.3) is 0 Å². The molecule has 1 aliphatic heterocycles. The molecule has 2 heterocycles. The maximum absolute atomic E-state index is 11.5. The van der Waals surface area contributed by atoms with Crippen LogP contribution >= 0.6 is 0 Å². The maximum Gasteiger partial charge on any atom is 0.250 e. The molecule has 0 unspecified atom stereocenters. The first kappa shape index (κ1) is 21.5. The topological polar surface area (TPSA) is 45.6 Å². The average molecular weight is 323 g/mol. The van der Waals surface area contributed by atoms with Crippen molar-refractivity contribution in [1.82, 2.24) is 14.4 Å². The van der Waals surface area contributed by atoms with Gasteiger partial charge in [0, 0.05) is 30.9 Å². The van der Waals surface area contributed by atoms with Gasteiger partial charge in [0.2, 0.25) is 0 Å². The molecule has 0 atom stereocenters. The quantitative estimate of drug-likeness (QED) is 0.780. The van der Waals surface area contributed by atoms with Gasteiger partial charge in [0.05, 0.1) is 0 Å². The molecule has 0 spiro atoms. The molecule has 0 aromatic carbocycles. The van der Waals surface area contributed by atoms with E-state index < -0.39 is 0 Å². The Morgan fingerprint density at radius 1 is 1.13 bits per heavy atom. The monoisotopic (exact) mass is 323 g/mol. The van der Waals surface area contributed by atoms with Crippen molar-refractivity contribution in [2.24, 2.45) is 0 Å². The number of pyridine rings is 1. The van der Waals surface area contributed by atoms with E-state index in [0.29, 0.717) is 12.1 Å². The third-order valence-electron chi connectivity index (χ3n) is 3.63. The molecular weight excluding hydrogens is 290 g/mol. The van der Waals surface area contributed by atoms with E-state index in [2.05, 4.69) is 30.8 Å². The average Bonchev–Trinajstić information content (AvgIpc) is 3.10. The van der Waals surface area contributed by atoms with E-state index in [1.807, 2.05) is 13.8 Å². The minimum absolute atomic E-state index is 0.0372. The van der Waals surface area contributed by atoms with Crippen molar-refractivity contribution in [3.05, 3.63) is 34.2 Å². The maximum atomic E-state index is 11.5. The molecule has 0 N–H and O–H groups in total. The Balaban J connectivity index is 0.000000594. The van der Waals surface area contributed by atoms with E-state index >= 15 is 0 Å². The first-order valence-electron chi connectivity index (χ1n) is 8.59. The highest BCUT2D eigenvalue weighted by Gasteiger charge is 2.11. The van der Waals surface area contributed by atoms with E-state index in [-0.39, 0.29) is 5.56 Å². The fourth-order valence-corrected chi connectivity index (χ4v) is 2.05. The fourth-order valence-electron chi connectivity index (χ4n) is 2.05. The molecular formula is C18H33N3O2. The summed E-state index contributed by atoms with van der Waals surface area (Å²) in [6, 6.07) is 3.01. The molecule has 0 bridgehead atoms. The zero-order valence-corrected chi connectivity index (χ0v) is 15.4. The number of hydrogen-bond acceptors (Lipinski definition) is 4. The van der Waals surface area contributed by atoms with Gasteiger partial charge < -0.3 is 14.4 Å². The van der Waals surface area contributed by atoms with Gasteiger partial charge in [-0.2, -0.15) is 0 Å². The van der Waals surface area contributed by atoms with Crippen LogP contribution < -0.4 is 5.56 Å². The molecule has 1 aromatic heterocycles. The van der Waals surface area contributed by atoms with Crippen molar-refractivity contribution < 1.29 is 4.79 Å². The summed E-state index contributed by atoms with van der Waals surface area (Å²) in [6.45, 7) is 11.1. The molecule has 132 valence electrons. The fraction of sp³-hybridized carbons (Fsp3) is 0.667. The van der Waals surface area contributed by atoms with Gasteiger partial charge in [-0.15, -0.1) is 0 Å². The van der Waals surface area contributed by atoms with Crippen molar-refractivity contribution >= 4 is 6.29 Å². The second kappa shape index (κ2) is 13.0. The molecule has 1 aromatic rings. The van der Waals surface area contributed by atoms with E-state index in [4.69, 9.17) is 0 Å². The normalized spacial score (nSPS) is 13.8. The van der Waals surface area contributed by atoms with E-state index in [1.165, 1.54) is 18.9 Å². The summed E-state index contributed by atoms with van der Waals surface area (Å²) in [6.07, 6.45) is 4.91. The molecule has 0 saturated carbocycles. The van der Waals surface area contributed by atoms with Crippen LogP contribution in [0.1, 0.15) is 44.0 Å². The molecule has 0 amide bonds. The third-order valence-corrected chi connectivity index (χ3v) is 3.63. The third kappa shape index (κ3) is 9.31. The van der Waals surface area contributed by atoms with Gasteiger partial charge in [0.25, 0.3) is 5.56 Å². The minimum atomic E-state index is -0.0372. The van der Waals surface area contributed by atoms with Crippen LogP contribution in [0.2, 0.25) is 0 Å². The van der Waals surface area contributed by atoms with Crippen LogP contribution in [-0.4, -0.2) is 60.9 Å². The Hall–Kier alpha value is -1.46. The number of rotatable bonds is 5. The summed E-state index contributed by atoms with van der Waals surface area (Å²) in [4.78, 5) is 26.6. The highest BCUT2D eigenvalue weighted by Crippen LogP contribution is 2.06. The predicted octanol–water partition coefficient (Wildman–Crippen LogP) is 2.35. The molecule has 2 rings (SSSR count). The molecule has 23 heavy (non-hydrogen) atoms. The van der Waals surface area contributed by atoms with E-state index in [0.717, 1.165) is 32.5 Å². The van der Waals surface area contributed by atoms with Crippen molar-refractivity contribution in [2.75, 3.05) is 40.3 Å². The van der Waals surface area contributed by atoms with Crippen LogP contribution in [0.5, 0.6) is 0 Å². The summed E-state index contributed by atoms with van der Waals surface area (Å²) >= 11 is 0. The van der Waals surface area contributed by atoms with Crippen molar-refractivity contribution in [2.45, 2.75) is 40.2 Å². The van der Waals surface area contributed by atoms with Crippen LogP contribution in [0.4, 0.5) is 0 Å². The van der Waals surface area contributed by atoms with Crippen LogP contribution in [0.3, 0.4) is 0 Å². The van der Waals surface area contributed by atoms with Crippen LogP contribution in [-0.2, 0) is 6.54 Å². The summed E-state index contributed by atoms with van der Waals surface area (Å²) < 4.78 is 1.61. The van der Waals surface area contributed by atoms with Crippen LogP contribution in [0.15, 0.2) is 23.1 Å². The Bertz CT molecular complexity index is 477. The smallest absolute Gasteiger partial charge is 0.250 e. The Labute approximate surface area is 140 Å². The number of carbonyl (C=O) groups is 1. The largest absolute Gasteiger partial charge is 0.314 e. The SMILES string of the molecule is CC.CCN(C)C.O=Cc1ccc(=O)n(CCN2CCCC2)c1. The Morgan fingerprint density at radius 3 is 2.17 bits per heavy atom. The Morgan fingerprint density at radius 2 is 1.70 bits per heavy atom. The lowest BCUT2D eigenvalue weighted by molar-refractivity contribution is 0.112. The number of aromatic nitrogens is 1. The van der Waals surface area contributed by atoms with Gasteiger partial charge >= 0.3 is 0 Å². The summed E-state index contributed by atoms with van der Waals surface area (Å²) in [5.41, 5.74) is 0.519. The van der Waals surface area contributed by atoms with E-state index in [1.54, 1.807) is 16.8 Å². The molecule has 5 heteroatoms. The zero-order chi connectivity index (χ0) is 17.7. The van der Waals surface area contributed by atoms with Gasteiger partial charge in [0.15, 0.2) is 6.29 Å². The predicted molar refractivity (Wildman–Crippen MR) is 97.3 cm³/mol. The highest BCUT2D eigenvalue weighted by molar-refractivity contribution is 5.73. The lowest BCUT2D eigenvalue weighted by atomic mass is 10.3. The molecule has 1 saturated heterocycles. The van der Waals surface area contributed by atoms with Gasteiger partial charge in [-0.05, 0) is 52.6 Å². The first-order chi connectivity index (χ1) is 11.1. The molecule has 1 aliphatic rings. The second-order valence-corrected chi connectivity index (χ2v) is 5.56. The van der Waals surface area contributed by atoms with Gasteiger partial charge in [0.1, 0.15) is 0 Å². The van der Waals surface area contributed by atoms with Crippen LogP contribution in [0, 0.1) is 0 Å². The zero-order valence-electron chi connectivity index (χ0n) is 15.4. The number of carbonyl (C=O) groups excluding carboxylic acids is 1. The summed E-state index contributed by atoms with van der Waals surface area (Å²) in [7, 11) is 4.11. The first-order valence-corrected chi connectivity index (χ1v) is 8.59. The minimum Gasteiger partial charge on any atom is -0.314 e. The molecule has 0 radical (unpaired) electrons. The number of nitrogens with zero attached hydrogens (tertiary/aromatic N) is 3. The van der Waals surface area contributed by atoms with E-state index in [9.17, 15) is 9.59 Å². The number of hydrogen-bond donors (Lipinski definition) is 0. The number of likely N-dealkylation sites (tertiary alicyclic amines) is 1. The van der Waals surface area contributed by atoms with Crippen molar-refractivity contribution in [3.63, 3.8) is 0 Å². The van der Waals surface area contributed by atoms with Gasteiger partial charge in [-0.3, -0.25) is 9.59 Å². The standard InChI is InChI=1S/C12H16N2O2.C4H11N.C2H6/c15-10-11-3-4-12(16)14(9-11)8-7-13-5-1-2-6-13;1-4-5(2)3;1-2/h3-4,9-10H,1-2,5-8H2;4H2,1-3H3;1-2H3. The van der Waals surface area contributed by atoms with Crippen molar-refractivity contribution in [1.29, 1.82) is 0 Å². The lowest BCUT2D eigenvalue weighted by Crippen LogP contribution is -2.28. The Kier molecular flexibility index (Phi) is 12.2. The number of aldehydes is 1. The lowest BCUT2D eigenvalue weighted by Gasteiger charge is -2.15. The van der Waals surface area contributed by atoms with Crippen molar-refractivity contribution in [3.8, 4) is 0 Å². The summed E-state index contributed by atoms with van der Waals surface area (Å²) in [5, 5.41) is 0. The second-order valence-electron chi connectivity index (χ2n) is 5.56. The highest BCUT2D eigenvalue weighted by atomic mass is 16.1. The molecule has 5 nitrogen and oxygen atoms in total. The van der Waals surface area contributed by atoms with Gasteiger partial charge in [-0.1, -0.05) is 20.8 Å². The summed E-state index contributed by atoms with van der Waals surface area (Å²) in [5.74, 6) is 0. The molecule has 0 aliphatic carbocycles.